The van der Waals surface area contributed by atoms with E-state index < -0.39 is 42.8 Å². The topological polar surface area (TPSA) is 164 Å². The number of amides is 1. The molecule has 1 amide bonds. The van der Waals surface area contributed by atoms with E-state index in [-0.39, 0.29) is 5.69 Å². The summed E-state index contributed by atoms with van der Waals surface area (Å²) in [6.07, 6.45) is 3.12. The van der Waals surface area contributed by atoms with Crippen LogP contribution in [0.1, 0.15) is 34.0 Å². The number of carbonyl (C=O) groups excluding carboxylic acids is 1. The summed E-state index contributed by atoms with van der Waals surface area (Å²) < 4.78 is 0.870. The number of aromatic hydroxyl groups is 1. The largest absolute Gasteiger partial charge is 0.493 e. The lowest BCUT2D eigenvalue weighted by Crippen LogP contribution is -2.45. The smallest absolute Gasteiger partial charge is 0.329 e. The van der Waals surface area contributed by atoms with Crippen molar-refractivity contribution in [2.75, 3.05) is 13.2 Å². The number of nitrogens with one attached hydrogen (secondary N) is 2. The monoisotopic (exact) mass is 507 g/mol. The summed E-state index contributed by atoms with van der Waals surface area (Å²) in [4.78, 5) is 33.1. The number of halogens is 1. The maximum Gasteiger partial charge on any atom is 0.329 e. The van der Waals surface area contributed by atoms with Crippen molar-refractivity contribution in [3.8, 4) is 11.9 Å². The second kappa shape index (κ2) is 10.2. The summed E-state index contributed by atoms with van der Waals surface area (Å²) in [5, 5.41) is 41.9. The fraction of sp³-hybridized carbons (Fsp3) is 0.200. The Kier molecular flexibility index (Phi) is 7.07. The minimum absolute atomic E-state index is 0.0502. The number of H-pyrrole nitrogens is 1. The molecule has 4 rings (SSSR count). The Morgan fingerprint density at radius 2 is 1.94 bits per heavy atom. The third-order valence-electron chi connectivity index (χ3n) is 5.89. The summed E-state index contributed by atoms with van der Waals surface area (Å²) in [6.45, 7) is 0.774. The summed E-state index contributed by atoms with van der Waals surface area (Å²) in [6, 6.07) is 9.08. The Bertz CT molecular complexity index is 1480. The number of benzene rings is 2. The summed E-state index contributed by atoms with van der Waals surface area (Å²) in [7, 11) is 0. The van der Waals surface area contributed by atoms with E-state index in [1.165, 1.54) is 30.3 Å². The highest BCUT2D eigenvalue weighted by molar-refractivity contribution is 6.32. The van der Waals surface area contributed by atoms with E-state index in [9.17, 15) is 24.9 Å². The molecule has 2 heterocycles. The SMILES string of the molecule is Cc1c(Cl)ccc2c1N=CC2=Cc1[nH]c(=O)n(C(C(=O)NC(CO)CO)c2ccc(C#N)cc2)c1O. The molecular formula is C25H22ClN5O5. The van der Waals surface area contributed by atoms with E-state index >= 15 is 0 Å². The molecule has 0 fully saturated rings. The van der Waals surface area contributed by atoms with Crippen LogP contribution >= 0.6 is 11.6 Å². The van der Waals surface area contributed by atoms with E-state index in [4.69, 9.17) is 16.9 Å². The Morgan fingerprint density at radius 1 is 1.25 bits per heavy atom. The van der Waals surface area contributed by atoms with Crippen molar-refractivity contribution >= 4 is 41.1 Å². The molecule has 1 atom stereocenters. The molecule has 0 saturated heterocycles. The van der Waals surface area contributed by atoms with Crippen LogP contribution in [0, 0.1) is 18.3 Å². The first kappa shape index (κ1) is 24.9. The van der Waals surface area contributed by atoms with Gasteiger partial charge in [0.1, 0.15) is 11.7 Å². The van der Waals surface area contributed by atoms with Crippen molar-refractivity contribution in [3.05, 3.63) is 79.9 Å². The van der Waals surface area contributed by atoms with Crippen molar-refractivity contribution in [1.29, 1.82) is 5.26 Å². The van der Waals surface area contributed by atoms with Gasteiger partial charge < -0.3 is 25.6 Å². The third-order valence-corrected chi connectivity index (χ3v) is 6.30. The molecular weight excluding hydrogens is 486 g/mol. The number of aromatic amines is 1. The lowest BCUT2D eigenvalue weighted by Gasteiger charge is -2.21. The van der Waals surface area contributed by atoms with E-state index in [1.807, 2.05) is 13.0 Å². The minimum atomic E-state index is -1.36. The van der Waals surface area contributed by atoms with E-state index in [0.717, 1.165) is 15.7 Å². The van der Waals surface area contributed by atoms with E-state index in [1.54, 1.807) is 18.3 Å². The molecule has 0 saturated carbocycles. The Hall–Kier alpha value is -4.17. The molecule has 0 aliphatic carbocycles. The van der Waals surface area contributed by atoms with Crippen LogP contribution in [0.15, 0.2) is 46.2 Å². The van der Waals surface area contributed by atoms with Gasteiger partial charge in [0.25, 0.3) is 0 Å². The number of rotatable bonds is 7. The van der Waals surface area contributed by atoms with Crippen LogP contribution in [0.5, 0.6) is 5.88 Å². The first-order valence-electron chi connectivity index (χ1n) is 10.9. The number of aliphatic hydroxyl groups is 2. The van der Waals surface area contributed by atoms with Crippen LogP contribution in [-0.2, 0) is 4.79 Å². The molecule has 1 aliphatic rings. The number of nitrogens with zero attached hydrogens (tertiary/aromatic N) is 3. The Balaban J connectivity index is 1.80. The van der Waals surface area contributed by atoms with E-state index in [0.29, 0.717) is 27.4 Å². The quantitative estimate of drug-likeness (QED) is 0.328. The molecule has 0 bridgehead atoms. The van der Waals surface area contributed by atoms with Crippen LogP contribution in [0.2, 0.25) is 5.02 Å². The number of imidazole rings is 1. The van der Waals surface area contributed by atoms with Gasteiger partial charge in [0.05, 0.1) is 36.6 Å². The maximum absolute atomic E-state index is 13.2. The minimum Gasteiger partial charge on any atom is -0.493 e. The van der Waals surface area contributed by atoms with Crippen LogP contribution in [0.3, 0.4) is 0 Å². The number of aliphatic imine (C=N–C) groups is 1. The van der Waals surface area contributed by atoms with E-state index in [2.05, 4.69) is 15.3 Å². The summed E-state index contributed by atoms with van der Waals surface area (Å²) >= 11 is 6.18. The molecule has 1 unspecified atom stereocenters. The molecule has 184 valence electrons. The third kappa shape index (κ3) is 4.55. The highest BCUT2D eigenvalue weighted by Gasteiger charge is 2.30. The van der Waals surface area contributed by atoms with Crippen molar-refractivity contribution < 1.29 is 20.1 Å². The van der Waals surface area contributed by atoms with Gasteiger partial charge in [-0.1, -0.05) is 29.8 Å². The van der Waals surface area contributed by atoms with Gasteiger partial charge in [-0.25, -0.2) is 9.36 Å². The maximum atomic E-state index is 13.2. The van der Waals surface area contributed by atoms with Crippen LogP contribution < -0.4 is 11.0 Å². The van der Waals surface area contributed by atoms with Gasteiger partial charge in [-0.2, -0.15) is 5.26 Å². The predicted molar refractivity (Wildman–Crippen MR) is 134 cm³/mol. The number of allylic oxidation sites excluding steroid dienone is 1. The van der Waals surface area contributed by atoms with Crippen LogP contribution in [-0.4, -0.2) is 56.2 Å². The number of aromatic nitrogens is 2. The molecule has 5 N–H and O–H groups in total. The lowest BCUT2D eigenvalue weighted by atomic mass is 10.0. The number of carbonyl (C=O) groups is 1. The number of aliphatic hydroxyl groups excluding tert-OH is 2. The predicted octanol–water partition coefficient (Wildman–Crippen LogP) is 2.03. The van der Waals surface area contributed by atoms with Gasteiger partial charge in [-0.05, 0) is 42.3 Å². The average molecular weight is 508 g/mol. The average Bonchev–Trinajstić information content (AvgIpc) is 3.41. The molecule has 1 aromatic heterocycles. The van der Waals surface area contributed by atoms with Gasteiger partial charge >= 0.3 is 5.69 Å². The Labute approximate surface area is 210 Å². The number of fused-ring (bicyclic) bond motifs is 1. The molecule has 36 heavy (non-hydrogen) atoms. The zero-order valence-corrected chi connectivity index (χ0v) is 19.8. The fourth-order valence-electron chi connectivity index (χ4n) is 3.93. The zero-order chi connectivity index (χ0) is 26.0. The first-order valence-corrected chi connectivity index (χ1v) is 11.3. The van der Waals surface area contributed by atoms with Crippen molar-refractivity contribution in [1.82, 2.24) is 14.9 Å². The first-order chi connectivity index (χ1) is 17.3. The molecule has 11 heteroatoms. The van der Waals surface area contributed by atoms with Crippen molar-refractivity contribution in [2.24, 2.45) is 4.99 Å². The molecule has 1 aliphatic heterocycles. The van der Waals surface area contributed by atoms with Crippen molar-refractivity contribution in [2.45, 2.75) is 19.0 Å². The van der Waals surface area contributed by atoms with Crippen LogP contribution in [0.4, 0.5) is 5.69 Å². The van der Waals surface area contributed by atoms with Gasteiger partial charge in [0, 0.05) is 22.4 Å². The summed E-state index contributed by atoms with van der Waals surface area (Å²) in [5.41, 5.74) is 2.79. The standard InChI is InChI=1S/C25H22ClN5O5/c1-13-19(26)7-6-18-16(10-28-21(13)18)8-20-24(35)31(25(36)30-20)22(23(34)29-17(11-32)12-33)15-4-2-14(9-27)3-5-15/h2-8,10,17,22,32-33,35H,11-12H2,1H3,(H,29,34)(H,30,36). The van der Waals surface area contributed by atoms with Crippen LogP contribution in [0.25, 0.3) is 11.6 Å². The summed E-state index contributed by atoms with van der Waals surface area (Å²) in [5.74, 6) is -1.25. The van der Waals surface area contributed by atoms with Crippen molar-refractivity contribution in [3.63, 3.8) is 0 Å². The highest BCUT2D eigenvalue weighted by Crippen LogP contribution is 2.39. The van der Waals surface area contributed by atoms with Gasteiger partial charge in [-0.3, -0.25) is 9.79 Å². The zero-order valence-electron chi connectivity index (χ0n) is 19.1. The highest BCUT2D eigenvalue weighted by atomic mass is 35.5. The molecule has 10 nitrogen and oxygen atoms in total. The molecule has 3 aromatic rings. The molecule has 0 spiro atoms. The molecule has 0 radical (unpaired) electrons. The second-order valence-electron chi connectivity index (χ2n) is 8.17. The van der Waals surface area contributed by atoms with Gasteiger partial charge in [0.15, 0.2) is 0 Å². The van der Waals surface area contributed by atoms with Gasteiger partial charge in [-0.15, -0.1) is 0 Å². The normalized spacial score (nSPS) is 14.2. The fourth-order valence-corrected chi connectivity index (χ4v) is 4.09. The second-order valence-corrected chi connectivity index (χ2v) is 8.58. The number of nitriles is 1. The van der Waals surface area contributed by atoms with Gasteiger partial charge in [0.2, 0.25) is 11.8 Å². The molecule has 2 aromatic carbocycles. The number of hydrogen-bond acceptors (Lipinski definition) is 7. The Morgan fingerprint density at radius 3 is 2.58 bits per heavy atom. The number of hydrogen-bond donors (Lipinski definition) is 5. The lowest BCUT2D eigenvalue weighted by molar-refractivity contribution is -0.124.